The molecule has 5 rings (SSSR count). The molecular weight excluding hydrogens is 454 g/mol. The van der Waals surface area contributed by atoms with Gasteiger partial charge in [-0.05, 0) is 57.4 Å². The molecule has 4 aromatic rings. The third-order valence-corrected chi connectivity index (χ3v) is 12.5. The smallest absolute Gasteiger partial charge is 0.319 e. The molecule has 184 valence electrons. The van der Waals surface area contributed by atoms with Crippen LogP contribution in [0.2, 0.25) is 5.04 Å². The average Bonchev–Trinajstić information content (AvgIpc) is 2.91. The summed E-state index contributed by atoms with van der Waals surface area (Å²) in [6.07, 6.45) is 3.21. The van der Waals surface area contributed by atoms with E-state index >= 15 is 0 Å². The van der Waals surface area contributed by atoms with Crippen LogP contribution in [0.3, 0.4) is 0 Å². The minimum Gasteiger partial charge on any atom is -0.534 e. The molecule has 0 spiro atoms. The molecule has 1 aliphatic rings. The maximum atomic E-state index is 7.42. The molecule has 0 aromatic heterocycles. The fourth-order valence-corrected chi connectivity index (χ4v) is 10.2. The lowest BCUT2D eigenvalue weighted by Crippen LogP contribution is -2.69. The van der Waals surface area contributed by atoms with Crippen LogP contribution in [-0.2, 0) is 19.4 Å². The van der Waals surface area contributed by atoms with E-state index in [-0.39, 0.29) is 5.04 Å². The van der Waals surface area contributed by atoms with Crippen molar-refractivity contribution in [3.63, 3.8) is 0 Å². The lowest BCUT2D eigenvalue weighted by Gasteiger charge is -2.43. The van der Waals surface area contributed by atoms with Gasteiger partial charge < -0.3 is 9.74 Å². The predicted octanol–water partition coefficient (Wildman–Crippen LogP) is 6.27. The van der Waals surface area contributed by atoms with Gasteiger partial charge in [-0.15, -0.1) is 0 Å². The molecule has 0 saturated carbocycles. The molecule has 0 heterocycles. The van der Waals surface area contributed by atoms with Gasteiger partial charge in [-0.3, -0.25) is 0 Å². The molecule has 0 saturated heterocycles. The Morgan fingerprint density at radius 1 is 0.750 bits per heavy atom. The van der Waals surface area contributed by atoms with Gasteiger partial charge in [0, 0.05) is 12.6 Å². The number of benzene rings is 4. The maximum Gasteiger partial charge on any atom is 0.319 e. The van der Waals surface area contributed by atoms with E-state index in [2.05, 4.69) is 135 Å². The SMILES string of the molecule is CC(C)(C)[Si](Oc1cccc2c1CCC(NCc1ccccc1)C2)(c1ccccc1)c1ccccc1. The zero-order valence-corrected chi connectivity index (χ0v) is 22.7. The second-order valence-corrected chi connectivity index (χ2v) is 15.2. The first-order valence-electron chi connectivity index (χ1n) is 13.2. The molecule has 2 nitrogen and oxygen atoms in total. The topological polar surface area (TPSA) is 21.3 Å². The lowest BCUT2D eigenvalue weighted by atomic mass is 9.87. The Labute approximate surface area is 217 Å². The molecule has 0 bridgehead atoms. The van der Waals surface area contributed by atoms with Crippen molar-refractivity contribution >= 4 is 18.7 Å². The number of nitrogens with one attached hydrogen (secondary N) is 1. The summed E-state index contributed by atoms with van der Waals surface area (Å²) >= 11 is 0. The van der Waals surface area contributed by atoms with Gasteiger partial charge in [0.05, 0.1) is 0 Å². The van der Waals surface area contributed by atoms with Crippen molar-refractivity contribution in [3.8, 4) is 5.75 Å². The molecule has 1 unspecified atom stereocenters. The van der Waals surface area contributed by atoms with Crippen molar-refractivity contribution in [2.45, 2.75) is 57.7 Å². The Bertz CT molecular complexity index is 1230. The van der Waals surface area contributed by atoms with E-state index in [0.717, 1.165) is 31.6 Å². The van der Waals surface area contributed by atoms with E-state index in [1.165, 1.54) is 27.1 Å². The van der Waals surface area contributed by atoms with Crippen molar-refractivity contribution in [3.05, 3.63) is 126 Å². The van der Waals surface area contributed by atoms with Crippen molar-refractivity contribution in [2.75, 3.05) is 0 Å². The highest BCUT2D eigenvalue weighted by atomic mass is 28.4. The van der Waals surface area contributed by atoms with Crippen molar-refractivity contribution in [1.82, 2.24) is 5.32 Å². The number of hydrogen-bond donors (Lipinski definition) is 1. The highest BCUT2D eigenvalue weighted by molar-refractivity contribution is 7.00. The number of fused-ring (bicyclic) bond motifs is 1. The summed E-state index contributed by atoms with van der Waals surface area (Å²) in [5, 5.41) is 6.38. The Kier molecular flexibility index (Phi) is 7.13. The van der Waals surface area contributed by atoms with Gasteiger partial charge in [-0.2, -0.15) is 0 Å². The van der Waals surface area contributed by atoms with Gasteiger partial charge in [0.15, 0.2) is 0 Å². The standard InChI is InChI=1S/C33H37NOSi/c1-33(2,3)36(29-17-9-5-10-18-29,30-19-11-6-12-20-30)35-32-21-13-16-27-24-28(22-23-31(27)32)34-25-26-14-7-4-8-15-26/h4-21,28,34H,22-25H2,1-3H3. The van der Waals surface area contributed by atoms with Crippen LogP contribution in [0.15, 0.2) is 109 Å². The number of hydrogen-bond acceptors (Lipinski definition) is 2. The molecule has 0 radical (unpaired) electrons. The van der Waals surface area contributed by atoms with Crippen LogP contribution in [-0.4, -0.2) is 14.4 Å². The molecular formula is C33H37NOSi. The van der Waals surface area contributed by atoms with Gasteiger partial charge >= 0.3 is 8.32 Å². The monoisotopic (exact) mass is 491 g/mol. The minimum absolute atomic E-state index is 0.0487. The third kappa shape index (κ3) is 4.91. The summed E-state index contributed by atoms with van der Waals surface area (Å²) in [5.74, 6) is 1.07. The first-order chi connectivity index (χ1) is 17.5. The molecule has 4 aromatic carbocycles. The molecule has 3 heteroatoms. The summed E-state index contributed by atoms with van der Waals surface area (Å²) in [6.45, 7) is 7.95. The normalized spacial score (nSPS) is 15.8. The molecule has 0 aliphatic heterocycles. The van der Waals surface area contributed by atoms with Crippen LogP contribution >= 0.6 is 0 Å². The van der Waals surface area contributed by atoms with Gasteiger partial charge in [-0.25, -0.2) is 0 Å². The van der Waals surface area contributed by atoms with Gasteiger partial charge in [0.1, 0.15) is 5.75 Å². The van der Waals surface area contributed by atoms with Crippen LogP contribution in [0.1, 0.15) is 43.9 Å². The zero-order valence-electron chi connectivity index (χ0n) is 21.7. The van der Waals surface area contributed by atoms with Crippen LogP contribution in [0.25, 0.3) is 0 Å². The Balaban J connectivity index is 1.48. The summed E-state index contributed by atoms with van der Waals surface area (Å²) in [7, 11) is -2.64. The highest BCUT2D eigenvalue weighted by Gasteiger charge is 2.52. The minimum atomic E-state index is -2.64. The van der Waals surface area contributed by atoms with Crippen LogP contribution in [0, 0.1) is 0 Å². The fourth-order valence-electron chi connectivity index (χ4n) is 5.71. The van der Waals surface area contributed by atoms with Gasteiger partial charge in [0.25, 0.3) is 0 Å². The molecule has 1 atom stereocenters. The van der Waals surface area contributed by atoms with E-state index < -0.39 is 8.32 Å². The largest absolute Gasteiger partial charge is 0.534 e. The molecule has 0 fully saturated rings. The first kappa shape index (κ1) is 24.5. The summed E-state index contributed by atoms with van der Waals surface area (Å²) in [6, 6.07) is 39.7. The second-order valence-electron chi connectivity index (χ2n) is 11.0. The predicted molar refractivity (Wildman–Crippen MR) is 154 cm³/mol. The summed E-state index contributed by atoms with van der Waals surface area (Å²) in [5.41, 5.74) is 4.15. The molecule has 0 amide bonds. The molecule has 1 aliphatic carbocycles. The fraction of sp³-hybridized carbons (Fsp3) is 0.273. The summed E-state index contributed by atoms with van der Waals surface area (Å²) < 4.78 is 7.42. The third-order valence-electron chi connectivity index (χ3n) is 7.56. The van der Waals surface area contributed by atoms with Crippen LogP contribution in [0.4, 0.5) is 0 Å². The van der Waals surface area contributed by atoms with E-state index in [9.17, 15) is 0 Å². The Morgan fingerprint density at radius 2 is 1.33 bits per heavy atom. The second kappa shape index (κ2) is 10.5. The maximum absolute atomic E-state index is 7.42. The van der Waals surface area contributed by atoms with Gasteiger partial charge in [-0.1, -0.05) is 124 Å². The van der Waals surface area contributed by atoms with Crippen molar-refractivity contribution in [1.29, 1.82) is 0 Å². The highest BCUT2D eigenvalue weighted by Crippen LogP contribution is 2.40. The van der Waals surface area contributed by atoms with Crippen molar-refractivity contribution in [2.24, 2.45) is 0 Å². The molecule has 1 N–H and O–H groups in total. The van der Waals surface area contributed by atoms with E-state index in [4.69, 9.17) is 4.43 Å². The first-order valence-corrected chi connectivity index (χ1v) is 15.1. The number of rotatable bonds is 7. The lowest BCUT2D eigenvalue weighted by molar-refractivity contribution is 0.444. The Hall–Kier alpha value is -3.14. The van der Waals surface area contributed by atoms with E-state index in [1.54, 1.807) is 0 Å². The van der Waals surface area contributed by atoms with E-state index in [1.807, 2.05) is 0 Å². The quantitative estimate of drug-likeness (QED) is 0.308. The zero-order chi connectivity index (χ0) is 25.0. The van der Waals surface area contributed by atoms with Crippen LogP contribution in [0.5, 0.6) is 5.75 Å². The van der Waals surface area contributed by atoms with Crippen LogP contribution < -0.4 is 20.1 Å². The molecule has 36 heavy (non-hydrogen) atoms. The Morgan fingerprint density at radius 3 is 1.92 bits per heavy atom. The van der Waals surface area contributed by atoms with E-state index in [0.29, 0.717) is 6.04 Å². The van der Waals surface area contributed by atoms with Gasteiger partial charge in [0.2, 0.25) is 0 Å². The average molecular weight is 492 g/mol. The van der Waals surface area contributed by atoms with Crippen molar-refractivity contribution < 1.29 is 4.43 Å². The summed E-state index contributed by atoms with van der Waals surface area (Å²) in [4.78, 5) is 0.